The SMILES string of the molecule is CCCOCC(=O)Nc1ccc(CC(=O)NCC(=O)O)cc1. The number of amides is 2. The highest BCUT2D eigenvalue weighted by Gasteiger charge is 2.06. The van der Waals surface area contributed by atoms with Crippen molar-refractivity contribution in [2.45, 2.75) is 19.8 Å². The Kier molecular flexibility index (Phi) is 7.63. The normalized spacial score (nSPS) is 10.0. The summed E-state index contributed by atoms with van der Waals surface area (Å²) in [5.74, 6) is -1.69. The van der Waals surface area contributed by atoms with Crippen molar-refractivity contribution in [1.82, 2.24) is 5.32 Å². The van der Waals surface area contributed by atoms with Crippen LogP contribution in [0.1, 0.15) is 18.9 Å². The van der Waals surface area contributed by atoms with Gasteiger partial charge in [-0.25, -0.2) is 0 Å². The lowest BCUT2D eigenvalue weighted by Crippen LogP contribution is -2.30. The van der Waals surface area contributed by atoms with Crippen LogP contribution >= 0.6 is 0 Å². The molecule has 0 atom stereocenters. The Labute approximate surface area is 128 Å². The molecule has 0 aliphatic rings. The molecule has 0 spiro atoms. The molecule has 1 aromatic carbocycles. The zero-order chi connectivity index (χ0) is 16.4. The molecule has 0 radical (unpaired) electrons. The quantitative estimate of drug-likeness (QED) is 0.585. The molecule has 0 heterocycles. The lowest BCUT2D eigenvalue weighted by molar-refractivity contribution is -0.137. The van der Waals surface area contributed by atoms with Crippen LogP contribution in [-0.2, 0) is 25.5 Å². The first kappa shape index (κ1) is 17.6. The molecule has 2 amide bonds. The Morgan fingerprint density at radius 2 is 1.82 bits per heavy atom. The zero-order valence-corrected chi connectivity index (χ0v) is 12.4. The fourth-order valence-electron chi connectivity index (χ4n) is 1.63. The third kappa shape index (κ3) is 7.39. The Balaban J connectivity index is 2.40. The number of carboxylic acids is 1. The van der Waals surface area contributed by atoms with Crippen LogP contribution in [0, 0.1) is 0 Å². The van der Waals surface area contributed by atoms with E-state index in [-0.39, 0.29) is 24.8 Å². The molecular formula is C15H20N2O5. The van der Waals surface area contributed by atoms with Crippen molar-refractivity contribution in [2.75, 3.05) is 25.1 Å². The van der Waals surface area contributed by atoms with Crippen LogP contribution in [0.3, 0.4) is 0 Å². The average molecular weight is 308 g/mol. The molecule has 0 aliphatic carbocycles. The summed E-state index contributed by atoms with van der Waals surface area (Å²) in [5.41, 5.74) is 1.34. The molecule has 0 bridgehead atoms. The number of carbonyl (C=O) groups is 3. The second-order valence-electron chi connectivity index (χ2n) is 4.64. The van der Waals surface area contributed by atoms with E-state index >= 15 is 0 Å². The minimum atomic E-state index is -1.09. The number of hydrogen-bond donors (Lipinski definition) is 3. The number of aliphatic carboxylic acids is 1. The second-order valence-corrected chi connectivity index (χ2v) is 4.64. The van der Waals surface area contributed by atoms with Crippen LogP contribution in [0.2, 0.25) is 0 Å². The molecule has 0 unspecified atom stereocenters. The van der Waals surface area contributed by atoms with E-state index in [1.54, 1.807) is 24.3 Å². The predicted octanol–water partition coefficient (Wildman–Crippen LogP) is 0.795. The van der Waals surface area contributed by atoms with Gasteiger partial charge in [-0.2, -0.15) is 0 Å². The maximum absolute atomic E-state index is 11.5. The van der Waals surface area contributed by atoms with Crippen LogP contribution in [0.25, 0.3) is 0 Å². The van der Waals surface area contributed by atoms with Gasteiger partial charge >= 0.3 is 5.97 Å². The van der Waals surface area contributed by atoms with Gasteiger partial charge in [-0.05, 0) is 24.1 Å². The van der Waals surface area contributed by atoms with E-state index in [0.717, 1.165) is 12.0 Å². The second kappa shape index (κ2) is 9.51. The van der Waals surface area contributed by atoms with Crippen molar-refractivity contribution < 1.29 is 24.2 Å². The van der Waals surface area contributed by atoms with Crippen molar-refractivity contribution in [1.29, 1.82) is 0 Å². The third-order valence-electron chi connectivity index (χ3n) is 2.62. The van der Waals surface area contributed by atoms with Crippen molar-refractivity contribution in [3.63, 3.8) is 0 Å². The van der Waals surface area contributed by atoms with E-state index in [1.807, 2.05) is 6.92 Å². The Morgan fingerprint density at radius 3 is 2.41 bits per heavy atom. The summed E-state index contributed by atoms with van der Waals surface area (Å²) in [7, 11) is 0. The first-order chi connectivity index (χ1) is 10.5. The molecule has 3 N–H and O–H groups in total. The van der Waals surface area contributed by atoms with Crippen molar-refractivity contribution in [2.24, 2.45) is 0 Å². The third-order valence-corrected chi connectivity index (χ3v) is 2.62. The van der Waals surface area contributed by atoms with Gasteiger partial charge in [0.05, 0.1) is 6.42 Å². The van der Waals surface area contributed by atoms with Crippen LogP contribution in [0.5, 0.6) is 0 Å². The van der Waals surface area contributed by atoms with E-state index < -0.39 is 12.5 Å². The Morgan fingerprint density at radius 1 is 1.14 bits per heavy atom. The predicted molar refractivity (Wildman–Crippen MR) is 80.5 cm³/mol. The maximum Gasteiger partial charge on any atom is 0.322 e. The monoisotopic (exact) mass is 308 g/mol. The molecule has 22 heavy (non-hydrogen) atoms. The van der Waals surface area contributed by atoms with Crippen LogP contribution in [-0.4, -0.2) is 42.6 Å². The number of carboxylic acid groups (broad SMARTS) is 1. The minimum absolute atomic E-state index is 0.00713. The van der Waals surface area contributed by atoms with Crippen molar-refractivity contribution >= 4 is 23.5 Å². The van der Waals surface area contributed by atoms with Gasteiger partial charge in [0, 0.05) is 12.3 Å². The standard InChI is InChI=1S/C15H20N2O5/c1-2-7-22-10-14(19)17-12-5-3-11(4-6-12)8-13(18)16-9-15(20)21/h3-6H,2,7-10H2,1H3,(H,16,18)(H,17,19)(H,20,21). The smallest absolute Gasteiger partial charge is 0.322 e. The zero-order valence-electron chi connectivity index (χ0n) is 12.4. The molecule has 1 aromatic rings. The highest BCUT2D eigenvalue weighted by molar-refractivity contribution is 5.91. The van der Waals surface area contributed by atoms with Gasteiger partial charge < -0.3 is 20.5 Å². The number of anilines is 1. The van der Waals surface area contributed by atoms with Gasteiger partial charge in [-0.15, -0.1) is 0 Å². The summed E-state index contributed by atoms with van der Waals surface area (Å²) in [5, 5.41) is 13.4. The van der Waals surface area contributed by atoms with E-state index in [4.69, 9.17) is 9.84 Å². The fraction of sp³-hybridized carbons (Fsp3) is 0.400. The average Bonchev–Trinajstić information content (AvgIpc) is 2.47. The molecule has 0 saturated heterocycles. The molecular weight excluding hydrogens is 288 g/mol. The number of carbonyl (C=O) groups excluding carboxylic acids is 2. The maximum atomic E-state index is 11.5. The Hall–Kier alpha value is -2.41. The molecule has 7 nitrogen and oxygen atoms in total. The van der Waals surface area contributed by atoms with E-state index in [9.17, 15) is 14.4 Å². The number of nitrogens with one attached hydrogen (secondary N) is 2. The number of benzene rings is 1. The summed E-state index contributed by atoms with van der Waals surface area (Å²) >= 11 is 0. The van der Waals surface area contributed by atoms with Gasteiger partial charge in [-0.3, -0.25) is 14.4 Å². The molecule has 0 aliphatic heterocycles. The van der Waals surface area contributed by atoms with Crippen molar-refractivity contribution in [3.05, 3.63) is 29.8 Å². The number of ether oxygens (including phenoxy) is 1. The number of hydrogen-bond acceptors (Lipinski definition) is 4. The molecule has 0 fully saturated rings. The molecule has 1 rings (SSSR count). The largest absolute Gasteiger partial charge is 0.480 e. The van der Waals surface area contributed by atoms with E-state index in [2.05, 4.69) is 10.6 Å². The van der Waals surface area contributed by atoms with Crippen LogP contribution in [0.4, 0.5) is 5.69 Å². The summed E-state index contributed by atoms with van der Waals surface area (Å²) in [6.07, 6.45) is 0.938. The topological polar surface area (TPSA) is 105 Å². The van der Waals surface area contributed by atoms with E-state index in [0.29, 0.717) is 12.3 Å². The van der Waals surface area contributed by atoms with Gasteiger partial charge in [0.1, 0.15) is 13.2 Å². The fourth-order valence-corrected chi connectivity index (χ4v) is 1.63. The summed E-state index contributed by atoms with van der Waals surface area (Å²) in [6, 6.07) is 6.75. The van der Waals surface area contributed by atoms with Crippen LogP contribution in [0.15, 0.2) is 24.3 Å². The van der Waals surface area contributed by atoms with Gasteiger partial charge in [0.2, 0.25) is 11.8 Å². The summed E-state index contributed by atoms with van der Waals surface area (Å²) in [4.78, 5) is 33.3. The first-order valence-corrected chi connectivity index (χ1v) is 6.96. The molecule has 120 valence electrons. The molecule has 0 aromatic heterocycles. The van der Waals surface area contributed by atoms with Gasteiger partial charge in [0.15, 0.2) is 0 Å². The summed E-state index contributed by atoms with van der Waals surface area (Å²) < 4.78 is 5.13. The Bertz CT molecular complexity index is 513. The van der Waals surface area contributed by atoms with Gasteiger partial charge in [-0.1, -0.05) is 19.1 Å². The highest BCUT2D eigenvalue weighted by Crippen LogP contribution is 2.10. The lowest BCUT2D eigenvalue weighted by atomic mass is 10.1. The molecule has 0 saturated carbocycles. The molecule has 7 heteroatoms. The van der Waals surface area contributed by atoms with E-state index in [1.165, 1.54) is 0 Å². The highest BCUT2D eigenvalue weighted by atomic mass is 16.5. The number of rotatable bonds is 9. The first-order valence-electron chi connectivity index (χ1n) is 6.96. The van der Waals surface area contributed by atoms with Crippen molar-refractivity contribution in [3.8, 4) is 0 Å². The summed E-state index contributed by atoms with van der Waals surface area (Å²) in [6.45, 7) is 2.11. The minimum Gasteiger partial charge on any atom is -0.480 e. The lowest BCUT2D eigenvalue weighted by Gasteiger charge is -2.07. The van der Waals surface area contributed by atoms with Gasteiger partial charge in [0.25, 0.3) is 0 Å². The van der Waals surface area contributed by atoms with Crippen LogP contribution < -0.4 is 10.6 Å².